The first-order chi connectivity index (χ1) is 15.3. The summed E-state index contributed by atoms with van der Waals surface area (Å²) in [6, 6.07) is 17.7. The highest BCUT2D eigenvalue weighted by molar-refractivity contribution is 5.77. The van der Waals surface area contributed by atoms with Crippen LogP contribution < -0.4 is 4.74 Å². The van der Waals surface area contributed by atoms with Gasteiger partial charge in [-0.2, -0.15) is 13.2 Å². The number of methoxy groups -OCH3 is 1. The van der Waals surface area contributed by atoms with Crippen LogP contribution in [0.25, 0.3) is 0 Å². The van der Waals surface area contributed by atoms with Gasteiger partial charge in [0, 0.05) is 18.2 Å². The summed E-state index contributed by atoms with van der Waals surface area (Å²) in [7, 11) is 1.57. The number of aromatic nitrogens is 1. The number of ether oxygens (including phenoxy) is 1. The Morgan fingerprint density at radius 3 is 2.50 bits per heavy atom. The number of nitrogens with zero attached hydrogens (tertiary/aromatic N) is 2. The van der Waals surface area contributed by atoms with Crippen LogP contribution in [0.15, 0.2) is 72.9 Å². The summed E-state index contributed by atoms with van der Waals surface area (Å²) < 4.78 is 44.5. The highest BCUT2D eigenvalue weighted by Crippen LogP contribution is 2.32. The second-order valence-corrected chi connectivity index (χ2v) is 7.46. The molecule has 32 heavy (non-hydrogen) atoms. The first-order valence-electron chi connectivity index (χ1n) is 10.3. The SMILES string of the molecule is COc1ccccc1C(C)N(Cc1ccccn1)C(=O)CCc1cccc(C(F)(F)F)c1. The minimum atomic E-state index is -4.41. The summed E-state index contributed by atoms with van der Waals surface area (Å²) >= 11 is 0. The zero-order valence-corrected chi connectivity index (χ0v) is 18.0. The number of alkyl halides is 3. The van der Waals surface area contributed by atoms with Crippen LogP contribution in [0.3, 0.4) is 0 Å². The quantitative estimate of drug-likeness (QED) is 0.441. The van der Waals surface area contributed by atoms with Crippen LogP contribution >= 0.6 is 0 Å². The van der Waals surface area contributed by atoms with Gasteiger partial charge in [0.1, 0.15) is 5.75 Å². The second kappa shape index (κ2) is 10.3. The standard InChI is InChI=1S/C25H25F3N2O2/c1-18(22-11-3-4-12-23(22)32-2)30(17-21-10-5-6-15-29-21)24(31)14-13-19-8-7-9-20(16-19)25(26,27)28/h3-12,15-16,18H,13-14,17H2,1-2H3. The van der Waals surface area contributed by atoms with Crippen molar-refractivity contribution in [2.75, 3.05) is 7.11 Å². The molecular formula is C25H25F3N2O2. The molecule has 1 aromatic heterocycles. The number of carbonyl (C=O) groups excluding carboxylic acids is 1. The third-order valence-electron chi connectivity index (χ3n) is 5.32. The average Bonchev–Trinajstić information content (AvgIpc) is 2.81. The first-order valence-corrected chi connectivity index (χ1v) is 10.3. The Bertz CT molecular complexity index is 1040. The van der Waals surface area contributed by atoms with Crippen LogP contribution in [0.4, 0.5) is 13.2 Å². The highest BCUT2D eigenvalue weighted by atomic mass is 19.4. The van der Waals surface area contributed by atoms with Gasteiger partial charge in [-0.15, -0.1) is 0 Å². The molecule has 0 fully saturated rings. The number of amides is 1. The fourth-order valence-corrected chi connectivity index (χ4v) is 3.58. The average molecular weight is 442 g/mol. The summed E-state index contributed by atoms with van der Waals surface area (Å²) in [5.74, 6) is 0.489. The third kappa shape index (κ3) is 5.87. The number of pyridine rings is 1. The summed E-state index contributed by atoms with van der Waals surface area (Å²) in [6.45, 7) is 2.18. The lowest BCUT2D eigenvalue weighted by molar-refractivity contribution is -0.137. The zero-order chi connectivity index (χ0) is 23.1. The molecule has 168 valence electrons. The summed E-state index contributed by atoms with van der Waals surface area (Å²) in [4.78, 5) is 19.3. The molecule has 0 aliphatic rings. The monoisotopic (exact) mass is 442 g/mol. The molecular weight excluding hydrogens is 417 g/mol. The van der Waals surface area contributed by atoms with Crippen LogP contribution in [0.1, 0.15) is 41.8 Å². The van der Waals surface area contributed by atoms with Crippen molar-refractivity contribution in [1.82, 2.24) is 9.88 Å². The number of benzene rings is 2. The number of halogens is 3. The molecule has 0 bridgehead atoms. The molecule has 1 heterocycles. The van der Waals surface area contributed by atoms with Crippen molar-refractivity contribution in [3.05, 3.63) is 95.3 Å². The highest BCUT2D eigenvalue weighted by Gasteiger charge is 2.30. The van der Waals surface area contributed by atoms with Crippen molar-refractivity contribution in [2.24, 2.45) is 0 Å². The maximum Gasteiger partial charge on any atom is 0.416 e. The maximum atomic E-state index is 13.3. The van der Waals surface area contributed by atoms with Gasteiger partial charge in [-0.1, -0.05) is 42.5 Å². The van der Waals surface area contributed by atoms with E-state index in [2.05, 4.69) is 4.98 Å². The zero-order valence-electron chi connectivity index (χ0n) is 18.0. The number of carbonyl (C=O) groups is 1. The largest absolute Gasteiger partial charge is 0.496 e. The molecule has 0 spiro atoms. The van der Waals surface area contributed by atoms with Gasteiger partial charge >= 0.3 is 6.18 Å². The van der Waals surface area contributed by atoms with Crippen molar-refractivity contribution in [3.63, 3.8) is 0 Å². The Labute approximate surface area is 185 Å². The third-order valence-corrected chi connectivity index (χ3v) is 5.32. The van der Waals surface area contributed by atoms with E-state index in [0.29, 0.717) is 11.3 Å². The van der Waals surface area contributed by atoms with E-state index in [0.717, 1.165) is 23.4 Å². The van der Waals surface area contributed by atoms with Crippen molar-refractivity contribution in [3.8, 4) is 5.75 Å². The second-order valence-electron chi connectivity index (χ2n) is 7.46. The molecule has 0 saturated carbocycles. The van der Waals surface area contributed by atoms with Crippen molar-refractivity contribution >= 4 is 5.91 Å². The Morgan fingerprint density at radius 1 is 1.06 bits per heavy atom. The van der Waals surface area contributed by atoms with Crippen LogP contribution in [0.5, 0.6) is 5.75 Å². The topological polar surface area (TPSA) is 42.4 Å². The minimum absolute atomic E-state index is 0.0770. The molecule has 3 aromatic rings. The van der Waals surface area contributed by atoms with Gasteiger partial charge in [-0.25, -0.2) is 0 Å². The molecule has 2 aromatic carbocycles. The fourth-order valence-electron chi connectivity index (χ4n) is 3.58. The molecule has 7 heteroatoms. The first kappa shape index (κ1) is 23.3. The molecule has 0 aliphatic carbocycles. The van der Waals surface area contributed by atoms with Gasteiger partial charge in [-0.3, -0.25) is 9.78 Å². The molecule has 1 amide bonds. The van der Waals surface area contributed by atoms with Crippen LogP contribution in [0.2, 0.25) is 0 Å². The number of rotatable bonds is 8. The number of hydrogen-bond donors (Lipinski definition) is 0. The van der Waals surface area contributed by atoms with E-state index in [4.69, 9.17) is 4.74 Å². The predicted molar refractivity (Wildman–Crippen MR) is 116 cm³/mol. The van der Waals surface area contributed by atoms with Crippen molar-refractivity contribution in [2.45, 2.75) is 38.5 Å². The van der Waals surface area contributed by atoms with Gasteiger partial charge in [0.05, 0.1) is 31.0 Å². The molecule has 1 atom stereocenters. The van der Waals surface area contributed by atoms with E-state index in [1.165, 1.54) is 6.07 Å². The molecule has 1 unspecified atom stereocenters. The summed E-state index contributed by atoms with van der Waals surface area (Å²) in [5.41, 5.74) is 1.33. The Hall–Kier alpha value is -3.35. The van der Waals surface area contributed by atoms with Gasteiger partial charge in [0.2, 0.25) is 5.91 Å². The number of aryl methyl sites for hydroxylation is 1. The van der Waals surface area contributed by atoms with E-state index in [1.807, 2.05) is 43.3 Å². The van der Waals surface area contributed by atoms with Gasteiger partial charge in [0.15, 0.2) is 0 Å². The number of hydrogen-bond acceptors (Lipinski definition) is 3. The predicted octanol–water partition coefficient (Wildman–Crippen LogP) is 5.83. The summed E-state index contributed by atoms with van der Waals surface area (Å²) in [6.07, 6.45) is -2.47. The van der Waals surface area contributed by atoms with Gasteiger partial charge < -0.3 is 9.64 Å². The molecule has 0 N–H and O–H groups in total. The van der Waals surface area contributed by atoms with Gasteiger partial charge in [0.25, 0.3) is 0 Å². The molecule has 0 saturated heterocycles. The number of para-hydroxylation sites is 1. The smallest absolute Gasteiger partial charge is 0.416 e. The maximum absolute atomic E-state index is 13.3. The van der Waals surface area contributed by atoms with Crippen LogP contribution in [-0.2, 0) is 23.9 Å². The van der Waals surface area contributed by atoms with E-state index in [9.17, 15) is 18.0 Å². The Kier molecular flexibility index (Phi) is 7.51. The Balaban J connectivity index is 1.82. The van der Waals surface area contributed by atoms with E-state index in [1.54, 1.807) is 30.3 Å². The lowest BCUT2D eigenvalue weighted by Gasteiger charge is -2.30. The lowest BCUT2D eigenvalue weighted by atomic mass is 10.0. The van der Waals surface area contributed by atoms with Crippen LogP contribution in [-0.4, -0.2) is 22.9 Å². The van der Waals surface area contributed by atoms with Crippen molar-refractivity contribution < 1.29 is 22.7 Å². The fraction of sp³-hybridized carbons (Fsp3) is 0.280. The van der Waals surface area contributed by atoms with Crippen molar-refractivity contribution in [1.29, 1.82) is 0 Å². The molecule has 0 radical (unpaired) electrons. The minimum Gasteiger partial charge on any atom is -0.496 e. The van der Waals surface area contributed by atoms with E-state index >= 15 is 0 Å². The lowest BCUT2D eigenvalue weighted by Crippen LogP contribution is -2.33. The molecule has 3 rings (SSSR count). The van der Waals surface area contributed by atoms with E-state index in [-0.39, 0.29) is 31.3 Å². The van der Waals surface area contributed by atoms with Crippen LogP contribution in [0, 0.1) is 0 Å². The normalized spacial score (nSPS) is 12.3. The van der Waals surface area contributed by atoms with E-state index < -0.39 is 11.7 Å². The Morgan fingerprint density at radius 2 is 1.81 bits per heavy atom. The molecule has 4 nitrogen and oxygen atoms in total. The molecule has 0 aliphatic heterocycles. The van der Waals surface area contributed by atoms with Gasteiger partial charge in [-0.05, 0) is 43.2 Å². The summed E-state index contributed by atoms with van der Waals surface area (Å²) in [5, 5.41) is 0.